The van der Waals surface area contributed by atoms with Gasteiger partial charge in [0.05, 0.1) is 11.8 Å². The van der Waals surface area contributed by atoms with Gasteiger partial charge in [0.25, 0.3) is 10.0 Å². The minimum atomic E-state index is -4.82. The van der Waals surface area contributed by atoms with Gasteiger partial charge in [-0.2, -0.15) is 5.26 Å². The monoisotopic (exact) mass is 552 g/mol. The summed E-state index contributed by atoms with van der Waals surface area (Å²) in [6.45, 7) is 4.93. The largest absolute Gasteiger partial charge is 0.352 e. The Bertz CT molecular complexity index is 1250. The molecule has 0 radical (unpaired) electrons. The van der Waals surface area contributed by atoms with E-state index in [4.69, 9.17) is 0 Å². The van der Waals surface area contributed by atoms with Crippen LogP contribution in [0.2, 0.25) is 0 Å². The summed E-state index contributed by atoms with van der Waals surface area (Å²) in [5.41, 5.74) is -0.894. The average Bonchev–Trinajstić information content (AvgIpc) is 3.13. The Kier molecular flexibility index (Phi) is 7.97. The summed E-state index contributed by atoms with van der Waals surface area (Å²) in [6.07, 6.45) is 5.87. The summed E-state index contributed by atoms with van der Waals surface area (Å²) < 4.78 is 54.4. The second kappa shape index (κ2) is 10.7. The molecule has 2 aliphatic heterocycles. The molecule has 4 N–H and O–H groups in total. The van der Waals surface area contributed by atoms with Crippen LogP contribution in [-0.2, 0) is 14.8 Å². The van der Waals surface area contributed by atoms with E-state index in [1.54, 1.807) is 6.92 Å². The van der Waals surface area contributed by atoms with Gasteiger partial charge in [-0.1, -0.05) is 25.7 Å². The van der Waals surface area contributed by atoms with Crippen LogP contribution in [0.15, 0.2) is 17.0 Å². The fraction of sp³-hybridized carbons (Fsp3) is 0.640. The fourth-order valence-corrected chi connectivity index (χ4v) is 8.07. The van der Waals surface area contributed by atoms with Crippen molar-refractivity contribution in [2.75, 3.05) is 11.9 Å². The molecule has 3 amide bonds. The Morgan fingerprint density at radius 2 is 1.92 bits per heavy atom. The van der Waals surface area contributed by atoms with Gasteiger partial charge in [0.2, 0.25) is 5.91 Å². The van der Waals surface area contributed by atoms with Gasteiger partial charge in [-0.3, -0.25) is 15.4 Å². The first kappa shape index (κ1) is 28.2. The van der Waals surface area contributed by atoms with E-state index >= 15 is 0 Å². The van der Waals surface area contributed by atoms with Crippen LogP contribution in [0.1, 0.15) is 59.3 Å². The van der Waals surface area contributed by atoms with Crippen molar-refractivity contribution in [1.82, 2.24) is 20.3 Å². The highest BCUT2D eigenvalue weighted by Crippen LogP contribution is 2.41. The summed E-state index contributed by atoms with van der Waals surface area (Å²) >= 11 is 0. The molecule has 0 spiro atoms. The van der Waals surface area contributed by atoms with Crippen LogP contribution in [0.5, 0.6) is 0 Å². The topological polar surface area (TPSA) is 143 Å². The van der Waals surface area contributed by atoms with E-state index in [1.807, 2.05) is 6.92 Å². The molecule has 4 unspecified atom stereocenters. The number of sulfonamides is 1. The summed E-state index contributed by atoms with van der Waals surface area (Å²) in [6, 6.07) is 2.12. The zero-order valence-corrected chi connectivity index (χ0v) is 22.5. The molecule has 2 fully saturated rings. The van der Waals surface area contributed by atoms with Crippen LogP contribution >= 0.6 is 0 Å². The van der Waals surface area contributed by atoms with Gasteiger partial charge >= 0.3 is 6.03 Å². The summed E-state index contributed by atoms with van der Waals surface area (Å²) in [4.78, 5) is 24.6. The number of nitrogens with one attached hydrogen (secondary N) is 4. The number of carbonyl (C=O) groups is 2. The second-order valence-electron chi connectivity index (χ2n) is 10.7. The predicted molar refractivity (Wildman–Crippen MR) is 135 cm³/mol. The SMILES string of the molecule is CC1NC(C#N)NC(C)(C2CCCCCC2)C1[C@@H](C)NC(=O)CN1C(=O)Nc2ccc(F)c(F)c2S1(=O)=O. The Morgan fingerprint density at radius 1 is 1.26 bits per heavy atom. The number of hydrogen-bond donors (Lipinski definition) is 4. The van der Waals surface area contributed by atoms with Crippen LogP contribution in [0.25, 0.3) is 0 Å². The molecule has 1 saturated heterocycles. The molecule has 1 aromatic carbocycles. The third-order valence-electron chi connectivity index (χ3n) is 8.23. The Hall–Kier alpha value is -2.82. The van der Waals surface area contributed by atoms with Gasteiger partial charge in [-0.25, -0.2) is 26.3 Å². The Labute approximate surface area is 221 Å². The standard InChI is InChI=1S/C25H34F2N6O4S/c1-14-21(25(3,32-19(12-28)29-14)16-8-6-4-5-7-9-16)15(2)30-20(34)13-33-24(35)31-18-11-10-17(26)22(27)23(18)38(33,36)37/h10-11,14-16,19,21,29,32H,4-9,13H2,1-3H3,(H,30,34)(H,31,35)/t14?,15-,19?,21?,25?/m1/s1. The zero-order valence-electron chi connectivity index (χ0n) is 21.7. The molecule has 0 bridgehead atoms. The molecular weight excluding hydrogens is 518 g/mol. The Morgan fingerprint density at radius 3 is 2.55 bits per heavy atom. The lowest BCUT2D eigenvalue weighted by Crippen LogP contribution is -2.74. The van der Waals surface area contributed by atoms with Gasteiger partial charge in [0.15, 0.2) is 11.6 Å². The van der Waals surface area contributed by atoms with E-state index in [1.165, 1.54) is 0 Å². The number of nitrogens with zero attached hydrogens (tertiary/aromatic N) is 2. The molecule has 38 heavy (non-hydrogen) atoms. The van der Waals surface area contributed by atoms with E-state index in [-0.39, 0.29) is 22.2 Å². The first-order valence-corrected chi connectivity index (χ1v) is 14.4. The molecule has 5 atom stereocenters. The van der Waals surface area contributed by atoms with Crippen molar-refractivity contribution >= 4 is 27.6 Å². The van der Waals surface area contributed by atoms with E-state index in [9.17, 15) is 32.0 Å². The number of nitriles is 1. The molecular formula is C25H34F2N6O4S. The number of urea groups is 1. The minimum absolute atomic E-state index is 0.171. The Balaban J connectivity index is 1.55. The maximum Gasteiger partial charge on any atom is 0.336 e. The van der Waals surface area contributed by atoms with Crippen LogP contribution in [0.4, 0.5) is 19.3 Å². The van der Waals surface area contributed by atoms with Crippen molar-refractivity contribution < 1.29 is 26.8 Å². The highest BCUT2D eigenvalue weighted by molar-refractivity contribution is 7.90. The minimum Gasteiger partial charge on any atom is -0.352 e. The summed E-state index contributed by atoms with van der Waals surface area (Å²) in [5, 5.41) is 21.4. The number of benzene rings is 1. The molecule has 208 valence electrons. The van der Waals surface area contributed by atoms with Crippen LogP contribution < -0.4 is 21.3 Å². The number of carbonyl (C=O) groups excluding carboxylic acids is 2. The number of hydrogen-bond acceptors (Lipinski definition) is 7. The highest BCUT2D eigenvalue weighted by Gasteiger charge is 2.51. The highest BCUT2D eigenvalue weighted by atomic mass is 32.2. The van der Waals surface area contributed by atoms with Crippen molar-refractivity contribution in [3.63, 3.8) is 0 Å². The van der Waals surface area contributed by atoms with E-state index in [2.05, 4.69) is 34.3 Å². The number of amides is 3. The predicted octanol–water partition coefficient (Wildman–Crippen LogP) is 2.78. The lowest BCUT2D eigenvalue weighted by molar-refractivity contribution is -0.122. The van der Waals surface area contributed by atoms with Crippen molar-refractivity contribution in [3.05, 3.63) is 23.8 Å². The molecule has 10 nitrogen and oxygen atoms in total. The maximum atomic E-state index is 14.4. The van der Waals surface area contributed by atoms with Gasteiger partial charge in [0.1, 0.15) is 17.6 Å². The van der Waals surface area contributed by atoms with Gasteiger partial charge in [0, 0.05) is 23.5 Å². The van der Waals surface area contributed by atoms with Crippen molar-refractivity contribution in [1.29, 1.82) is 5.26 Å². The zero-order chi connectivity index (χ0) is 27.8. The smallest absolute Gasteiger partial charge is 0.336 e. The van der Waals surface area contributed by atoms with Crippen LogP contribution in [0, 0.1) is 34.8 Å². The molecule has 1 saturated carbocycles. The average molecular weight is 553 g/mol. The molecule has 1 aliphatic carbocycles. The molecule has 0 aromatic heterocycles. The third kappa shape index (κ3) is 5.09. The normalized spacial score (nSPS) is 30.4. The van der Waals surface area contributed by atoms with Crippen LogP contribution in [-0.4, -0.2) is 55.0 Å². The third-order valence-corrected chi connectivity index (χ3v) is 10.0. The molecule has 2 heterocycles. The molecule has 3 aliphatic rings. The number of rotatable bonds is 5. The number of fused-ring (bicyclic) bond motifs is 1. The fourth-order valence-electron chi connectivity index (χ4n) is 6.58. The van der Waals surface area contributed by atoms with Crippen molar-refractivity contribution in [2.24, 2.45) is 11.8 Å². The molecule has 1 aromatic rings. The lowest BCUT2D eigenvalue weighted by Gasteiger charge is -2.54. The van der Waals surface area contributed by atoms with Crippen molar-refractivity contribution in [3.8, 4) is 6.07 Å². The number of halogens is 2. The van der Waals surface area contributed by atoms with E-state index in [0.717, 1.165) is 44.6 Å². The summed E-state index contributed by atoms with van der Waals surface area (Å²) in [7, 11) is -4.82. The van der Waals surface area contributed by atoms with Crippen LogP contribution in [0.3, 0.4) is 0 Å². The second-order valence-corrected chi connectivity index (χ2v) is 12.5. The van der Waals surface area contributed by atoms with Gasteiger partial charge in [-0.15, -0.1) is 0 Å². The number of anilines is 1. The first-order chi connectivity index (χ1) is 17.9. The molecule has 13 heteroatoms. The summed E-state index contributed by atoms with van der Waals surface area (Å²) in [5.74, 6) is -3.70. The lowest BCUT2D eigenvalue weighted by atomic mass is 9.65. The van der Waals surface area contributed by atoms with Gasteiger partial charge < -0.3 is 10.6 Å². The van der Waals surface area contributed by atoms with E-state index in [0.29, 0.717) is 6.07 Å². The first-order valence-electron chi connectivity index (χ1n) is 12.9. The maximum absolute atomic E-state index is 14.4. The van der Waals surface area contributed by atoms with E-state index < -0.39 is 68.5 Å². The van der Waals surface area contributed by atoms with Crippen molar-refractivity contribution in [2.45, 2.75) is 88.0 Å². The quantitative estimate of drug-likeness (QED) is 0.411. The van der Waals surface area contributed by atoms with Gasteiger partial charge in [-0.05, 0) is 51.7 Å². The molecule has 4 rings (SSSR count).